The topological polar surface area (TPSA) is 115 Å². The maximum Gasteiger partial charge on any atom is 0.291 e. The SMILES string of the molecule is COCCn1ncc(-c2ccc(-c3cnc(C(=O)Nc4ccc(C(=O)N5CCN(C(=O)C6CC[N+](C)(C)CC6)CC5)c(Cl)c4)n3C)c(Cl)c2F)c1C. The summed E-state index contributed by atoms with van der Waals surface area (Å²) in [5, 5.41) is 7.21. The lowest BCUT2D eigenvalue weighted by Crippen LogP contribution is -2.54. The Labute approximate surface area is 312 Å². The van der Waals surface area contributed by atoms with Crippen molar-refractivity contribution in [3.05, 3.63) is 75.7 Å². The first-order chi connectivity index (χ1) is 24.8. The van der Waals surface area contributed by atoms with E-state index in [1.165, 1.54) is 16.8 Å². The molecule has 4 aromatic rings. The minimum absolute atomic E-state index is 0.0498. The molecular formula is C37H44Cl2FN8O4+. The van der Waals surface area contributed by atoms with Crippen LogP contribution >= 0.6 is 23.2 Å². The molecule has 3 amide bonds. The Morgan fingerprint density at radius 3 is 2.33 bits per heavy atom. The van der Waals surface area contributed by atoms with E-state index in [1.807, 2.05) is 11.8 Å². The van der Waals surface area contributed by atoms with E-state index in [0.29, 0.717) is 73.0 Å². The number of aromatic nitrogens is 4. The number of benzene rings is 2. The van der Waals surface area contributed by atoms with E-state index < -0.39 is 11.7 Å². The third-order valence-electron chi connectivity index (χ3n) is 10.3. The van der Waals surface area contributed by atoms with Crippen molar-refractivity contribution in [2.45, 2.75) is 26.3 Å². The maximum absolute atomic E-state index is 15.7. The van der Waals surface area contributed by atoms with Gasteiger partial charge in [-0.05, 0) is 25.1 Å². The van der Waals surface area contributed by atoms with Gasteiger partial charge in [-0.3, -0.25) is 19.1 Å². The summed E-state index contributed by atoms with van der Waals surface area (Å²) in [6, 6.07) is 8.03. The van der Waals surface area contributed by atoms with Gasteiger partial charge in [-0.25, -0.2) is 9.37 Å². The molecule has 0 atom stereocenters. The second kappa shape index (κ2) is 15.4. The number of likely N-dealkylation sites (tertiary alicyclic amines) is 1. The van der Waals surface area contributed by atoms with Crippen LogP contribution in [0.15, 0.2) is 42.7 Å². The van der Waals surface area contributed by atoms with Crippen LogP contribution in [-0.4, -0.2) is 118 Å². The lowest BCUT2D eigenvalue weighted by molar-refractivity contribution is -0.895. The van der Waals surface area contributed by atoms with Gasteiger partial charge in [-0.1, -0.05) is 35.3 Å². The van der Waals surface area contributed by atoms with Gasteiger partial charge < -0.3 is 28.9 Å². The number of ether oxygens (including phenoxy) is 1. The third kappa shape index (κ3) is 7.59. The summed E-state index contributed by atoms with van der Waals surface area (Å²) in [4.78, 5) is 47.7. The summed E-state index contributed by atoms with van der Waals surface area (Å²) in [6.45, 7) is 6.65. The predicted octanol–water partition coefficient (Wildman–Crippen LogP) is 5.37. The maximum atomic E-state index is 15.7. The molecule has 0 radical (unpaired) electrons. The summed E-state index contributed by atoms with van der Waals surface area (Å²) < 4.78 is 25.0. The average molecular weight is 755 g/mol. The highest BCUT2D eigenvalue weighted by Crippen LogP contribution is 2.37. The highest BCUT2D eigenvalue weighted by Gasteiger charge is 2.35. The molecule has 52 heavy (non-hydrogen) atoms. The Hall–Kier alpha value is -4.30. The van der Waals surface area contributed by atoms with Crippen LogP contribution in [0, 0.1) is 18.7 Å². The first-order valence-electron chi connectivity index (χ1n) is 17.3. The van der Waals surface area contributed by atoms with Gasteiger partial charge in [0.15, 0.2) is 5.82 Å². The number of piperazine rings is 1. The molecule has 12 nitrogen and oxygen atoms in total. The number of nitrogens with zero attached hydrogens (tertiary/aromatic N) is 7. The molecule has 2 saturated heterocycles. The highest BCUT2D eigenvalue weighted by molar-refractivity contribution is 6.34. The second-order valence-corrected chi connectivity index (χ2v) is 14.9. The number of anilines is 1. The summed E-state index contributed by atoms with van der Waals surface area (Å²) in [7, 11) is 7.63. The summed E-state index contributed by atoms with van der Waals surface area (Å²) in [6.07, 6.45) is 4.83. The molecule has 2 aliphatic rings. The van der Waals surface area contributed by atoms with Crippen molar-refractivity contribution in [1.29, 1.82) is 0 Å². The fourth-order valence-corrected chi connectivity index (χ4v) is 7.49. The Morgan fingerprint density at radius 2 is 1.65 bits per heavy atom. The van der Waals surface area contributed by atoms with Gasteiger partial charge in [0.2, 0.25) is 5.91 Å². The van der Waals surface area contributed by atoms with Gasteiger partial charge in [0, 0.05) is 87.2 Å². The summed E-state index contributed by atoms with van der Waals surface area (Å²) in [5.41, 5.74) is 3.20. The van der Waals surface area contributed by atoms with Crippen LogP contribution < -0.4 is 5.32 Å². The molecule has 0 spiro atoms. The van der Waals surface area contributed by atoms with Gasteiger partial charge in [-0.2, -0.15) is 5.10 Å². The molecule has 2 aromatic carbocycles. The molecule has 15 heteroatoms. The quantitative estimate of drug-likeness (QED) is 0.230. The van der Waals surface area contributed by atoms with Gasteiger partial charge in [0.05, 0.1) is 74.0 Å². The Kier molecular flexibility index (Phi) is 11.1. The first-order valence-corrected chi connectivity index (χ1v) is 18.1. The molecule has 2 aliphatic heterocycles. The standard InChI is InChI=1S/C37H43Cl2FN8O4/c1-23-29(21-42-47(23)16-19-52-5)26-8-9-28(32(39)33(26)40)31-22-41-34(44(31)2)35(49)43-25-6-7-27(30(38)20-25)37(51)46-14-12-45(13-15-46)36(50)24-10-17-48(3,4)18-11-24/h6-9,20-22,24H,10-19H2,1-5H3/p+1. The van der Waals surface area contributed by atoms with Crippen LogP contribution in [0.4, 0.5) is 10.1 Å². The molecule has 276 valence electrons. The zero-order chi connectivity index (χ0) is 37.3. The zero-order valence-electron chi connectivity index (χ0n) is 30.1. The van der Waals surface area contributed by atoms with E-state index in [9.17, 15) is 14.4 Å². The number of carbonyl (C=O) groups excluding carboxylic acids is 3. The van der Waals surface area contributed by atoms with E-state index in [0.717, 1.165) is 36.1 Å². The second-order valence-electron chi connectivity index (χ2n) is 14.1. The molecule has 6 rings (SSSR count). The number of halogens is 3. The van der Waals surface area contributed by atoms with Crippen molar-refractivity contribution in [3.63, 3.8) is 0 Å². The molecule has 0 bridgehead atoms. The van der Waals surface area contributed by atoms with Crippen molar-refractivity contribution < 1.29 is 28.0 Å². The minimum atomic E-state index is -0.608. The third-order valence-corrected chi connectivity index (χ3v) is 11.0. The molecule has 0 aliphatic carbocycles. The number of rotatable bonds is 9. The summed E-state index contributed by atoms with van der Waals surface area (Å²) >= 11 is 13.1. The molecule has 4 heterocycles. The predicted molar refractivity (Wildman–Crippen MR) is 198 cm³/mol. The monoisotopic (exact) mass is 753 g/mol. The molecule has 2 aromatic heterocycles. The number of piperidine rings is 1. The van der Waals surface area contributed by atoms with Crippen molar-refractivity contribution in [1.82, 2.24) is 29.1 Å². The number of carbonyl (C=O) groups is 3. The molecule has 0 unspecified atom stereocenters. The van der Waals surface area contributed by atoms with Crippen LogP contribution in [0.5, 0.6) is 0 Å². The van der Waals surface area contributed by atoms with E-state index in [1.54, 1.807) is 54.2 Å². The zero-order valence-corrected chi connectivity index (χ0v) is 31.6. The number of imidazole rings is 1. The average Bonchev–Trinajstić information content (AvgIpc) is 3.69. The van der Waals surface area contributed by atoms with Crippen LogP contribution in [0.3, 0.4) is 0 Å². The van der Waals surface area contributed by atoms with Crippen LogP contribution in [0.2, 0.25) is 10.0 Å². The van der Waals surface area contributed by atoms with Crippen molar-refractivity contribution in [2.75, 3.05) is 72.4 Å². The number of nitrogens with one attached hydrogen (secondary N) is 1. The Bertz CT molecular complexity index is 1990. The Balaban J connectivity index is 1.09. The largest absolute Gasteiger partial charge is 0.383 e. The fraction of sp³-hybridized carbons (Fsp3) is 0.432. The first kappa shape index (κ1) is 37.5. The number of quaternary nitrogens is 1. The number of hydrogen-bond acceptors (Lipinski definition) is 6. The summed E-state index contributed by atoms with van der Waals surface area (Å²) in [5.74, 6) is -1.07. The van der Waals surface area contributed by atoms with Gasteiger partial charge in [-0.15, -0.1) is 0 Å². The van der Waals surface area contributed by atoms with Crippen molar-refractivity contribution in [3.8, 4) is 22.4 Å². The lowest BCUT2D eigenvalue weighted by Gasteiger charge is -2.40. The number of methoxy groups -OCH3 is 1. The molecular weight excluding hydrogens is 710 g/mol. The molecule has 0 saturated carbocycles. The van der Waals surface area contributed by atoms with E-state index >= 15 is 4.39 Å². The van der Waals surface area contributed by atoms with Crippen LogP contribution in [0.1, 0.15) is 39.5 Å². The smallest absolute Gasteiger partial charge is 0.291 e. The van der Waals surface area contributed by atoms with E-state index in [4.69, 9.17) is 27.9 Å². The molecule has 2 fully saturated rings. The minimum Gasteiger partial charge on any atom is -0.383 e. The van der Waals surface area contributed by atoms with Gasteiger partial charge >= 0.3 is 0 Å². The van der Waals surface area contributed by atoms with E-state index in [2.05, 4.69) is 29.5 Å². The van der Waals surface area contributed by atoms with Crippen LogP contribution in [-0.2, 0) is 23.1 Å². The Morgan fingerprint density at radius 1 is 0.981 bits per heavy atom. The van der Waals surface area contributed by atoms with Crippen LogP contribution in [0.25, 0.3) is 22.4 Å². The lowest BCUT2D eigenvalue weighted by atomic mass is 9.94. The normalized spacial score (nSPS) is 16.3. The van der Waals surface area contributed by atoms with E-state index in [-0.39, 0.29) is 33.6 Å². The number of hydrogen-bond donors (Lipinski definition) is 1. The molecule has 1 N–H and O–H groups in total. The fourth-order valence-electron chi connectivity index (χ4n) is 6.97. The van der Waals surface area contributed by atoms with Gasteiger partial charge in [0.1, 0.15) is 5.82 Å². The van der Waals surface area contributed by atoms with Crippen molar-refractivity contribution >= 4 is 46.6 Å². The van der Waals surface area contributed by atoms with Gasteiger partial charge in [0.25, 0.3) is 11.8 Å². The highest BCUT2D eigenvalue weighted by atomic mass is 35.5. The van der Waals surface area contributed by atoms with Crippen molar-refractivity contribution in [2.24, 2.45) is 13.0 Å². The number of amides is 3.